The maximum absolute atomic E-state index is 12.0. The van der Waals surface area contributed by atoms with Gasteiger partial charge in [0, 0.05) is 6.54 Å². The fourth-order valence-corrected chi connectivity index (χ4v) is 4.86. The smallest absolute Gasteiger partial charge is 0.303 e. The molecule has 1 aromatic heterocycles. The van der Waals surface area contributed by atoms with E-state index in [4.69, 9.17) is 16.7 Å². The van der Waals surface area contributed by atoms with Crippen LogP contribution in [0.1, 0.15) is 25.7 Å². The fraction of sp³-hybridized carbons (Fsp3) is 0.545. The minimum Gasteiger partial charge on any atom is -0.481 e. The number of carboxylic acid groups (broad SMARTS) is 1. The van der Waals surface area contributed by atoms with Crippen molar-refractivity contribution in [2.45, 2.75) is 29.9 Å². The van der Waals surface area contributed by atoms with Crippen molar-refractivity contribution >= 4 is 38.9 Å². The van der Waals surface area contributed by atoms with Crippen molar-refractivity contribution in [1.82, 2.24) is 4.72 Å². The van der Waals surface area contributed by atoms with Crippen molar-refractivity contribution in [2.75, 3.05) is 6.54 Å². The first-order valence-corrected chi connectivity index (χ1v) is 8.48. The summed E-state index contributed by atoms with van der Waals surface area (Å²) in [6.07, 6.45) is 2.43. The lowest BCUT2D eigenvalue weighted by Gasteiger charge is -2.40. The zero-order valence-electron chi connectivity index (χ0n) is 10.1. The topological polar surface area (TPSA) is 83.5 Å². The van der Waals surface area contributed by atoms with Crippen LogP contribution in [0.5, 0.6) is 0 Å². The van der Waals surface area contributed by atoms with Crippen LogP contribution in [0.25, 0.3) is 0 Å². The number of thiophene rings is 1. The lowest BCUT2D eigenvalue weighted by molar-refractivity contribution is -0.141. The molecule has 1 aromatic rings. The molecule has 106 valence electrons. The molecule has 0 bridgehead atoms. The van der Waals surface area contributed by atoms with E-state index in [-0.39, 0.29) is 17.2 Å². The van der Waals surface area contributed by atoms with E-state index in [0.717, 1.165) is 30.6 Å². The molecule has 0 amide bonds. The molecule has 0 spiro atoms. The van der Waals surface area contributed by atoms with E-state index in [1.54, 1.807) is 0 Å². The van der Waals surface area contributed by atoms with Gasteiger partial charge in [0.1, 0.15) is 4.21 Å². The summed E-state index contributed by atoms with van der Waals surface area (Å²) in [6.45, 7) is 0.164. The van der Waals surface area contributed by atoms with E-state index < -0.39 is 21.4 Å². The first-order valence-electron chi connectivity index (χ1n) is 5.80. The molecule has 0 saturated heterocycles. The molecule has 0 aromatic carbocycles. The monoisotopic (exact) mass is 323 g/mol. The van der Waals surface area contributed by atoms with Crippen LogP contribution in [-0.4, -0.2) is 26.0 Å². The molecule has 1 heterocycles. The third kappa shape index (κ3) is 3.47. The zero-order valence-corrected chi connectivity index (χ0v) is 12.4. The van der Waals surface area contributed by atoms with Gasteiger partial charge in [0.05, 0.1) is 10.8 Å². The number of aliphatic carboxylic acids is 1. The highest BCUT2D eigenvalue weighted by molar-refractivity contribution is 7.91. The van der Waals surface area contributed by atoms with Crippen LogP contribution in [0, 0.1) is 5.41 Å². The van der Waals surface area contributed by atoms with Gasteiger partial charge < -0.3 is 5.11 Å². The van der Waals surface area contributed by atoms with Crippen LogP contribution in [-0.2, 0) is 14.8 Å². The molecule has 0 unspecified atom stereocenters. The normalized spacial score (nSPS) is 17.9. The van der Waals surface area contributed by atoms with E-state index in [1.807, 2.05) is 0 Å². The number of rotatable bonds is 6. The van der Waals surface area contributed by atoms with E-state index in [0.29, 0.717) is 4.34 Å². The van der Waals surface area contributed by atoms with Crippen LogP contribution in [0.3, 0.4) is 0 Å². The zero-order chi connectivity index (χ0) is 14.1. The second kappa shape index (κ2) is 5.40. The minimum absolute atomic E-state index is 0.000711. The van der Waals surface area contributed by atoms with Crippen molar-refractivity contribution in [2.24, 2.45) is 5.41 Å². The van der Waals surface area contributed by atoms with Gasteiger partial charge in [-0.15, -0.1) is 11.3 Å². The van der Waals surface area contributed by atoms with Crippen LogP contribution < -0.4 is 4.72 Å². The number of hydrogen-bond donors (Lipinski definition) is 2. The van der Waals surface area contributed by atoms with Gasteiger partial charge in [-0.2, -0.15) is 0 Å². The van der Waals surface area contributed by atoms with Crippen LogP contribution in [0.2, 0.25) is 4.34 Å². The summed E-state index contributed by atoms with van der Waals surface area (Å²) in [6, 6.07) is 2.97. The summed E-state index contributed by atoms with van der Waals surface area (Å²) in [5.41, 5.74) is -0.431. The maximum Gasteiger partial charge on any atom is 0.303 e. The quantitative estimate of drug-likeness (QED) is 0.841. The maximum atomic E-state index is 12.0. The van der Waals surface area contributed by atoms with Gasteiger partial charge >= 0.3 is 5.97 Å². The Morgan fingerprint density at radius 3 is 2.58 bits per heavy atom. The van der Waals surface area contributed by atoms with E-state index >= 15 is 0 Å². The molecule has 1 fully saturated rings. The van der Waals surface area contributed by atoms with E-state index in [1.165, 1.54) is 12.1 Å². The first-order chi connectivity index (χ1) is 8.83. The summed E-state index contributed by atoms with van der Waals surface area (Å²) in [4.78, 5) is 10.8. The largest absolute Gasteiger partial charge is 0.481 e. The summed E-state index contributed by atoms with van der Waals surface area (Å²) >= 11 is 6.70. The Kier molecular flexibility index (Phi) is 4.20. The Labute approximate surface area is 120 Å². The lowest BCUT2D eigenvalue weighted by Crippen LogP contribution is -2.43. The molecule has 0 radical (unpaired) electrons. The van der Waals surface area contributed by atoms with Crippen LogP contribution in [0.15, 0.2) is 16.3 Å². The molecule has 8 heteroatoms. The molecule has 0 aliphatic heterocycles. The predicted molar refractivity (Wildman–Crippen MR) is 73.1 cm³/mol. The number of nitrogens with one attached hydrogen (secondary N) is 1. The van der Waals surface area contributed by atoms with Crippen LogP contribution >= 0.6 is 22.9 Å². The van der Waals surface area contributed by atoms with Crippen molar-refractivity contribution in [3.63, 3.8) is 0 Å². The molecule has 1 aliphatic carbocycles. The molecule has 0 atom stereocenters. The van der Waals surface area contributed by atoms with Gasteiger partial charge in [-0.05, 0) is 30.4 Å². The molecular weight excluding hydrogens is 310 g/mol. The Morgan fingerprint density at radius 1 is 1.47 bits per heavy atom. The van der Waals surface area contributed by atoms with E-state index in [2.05, 4.69) is 4.72 Å². The molecule has 5 nitrogen and oxygen atoms in total. The van der Waals surface area contributed by atoms with E-state index in [9.17, 15) is 13.2 Å². The Bertz CT molecular complexity index is 577. The van der Waals surface area contributed by atoms with Crippen molar-refractivity contribution in [3.8, 4) is 0 Å². The number of halogens is 1. The summed E-state index contributed by atoms with van der Waals surface area (Å²) in [5.74, 6) is -0.891. The van der Waals surface area contributed by atoms with Crippen molar-refractivity contribution in [1.29, 1.82) is 0 Å². The van der Waals surface area contributed by atoms with Crippen LogP contribution in [0.4, 0.5) is 0 Å². The Hall–Kier alpha value is -0.630. The van der Waals surface area contributed by atoms with Gasteiger partial charge in [0.15, 0.2) is 0 Å². The average molecular weight is 324 g/mol. The highest BCUT2D eigenvalue weighted by atomic mass is 35.5. The Balaban J connectivity index is 2.03. The van der Waals surface area contributed by atoms with Gasteiger partial charge in [-0.3, -0.25) is 4.79 Å². The highest BCUT2D eigenvalue weighted by Gasteiger charge is 2.39. The molecule has 2 N–H and O–H groups in total. The number of sulfonamides is 1. The minimum atomic E-state index is -3.59. The van der Waals surface area contributed by atoms with Gasteiger partial charge in [-0.25, -0.2) is 13.1 Å². The third-order valence-electron chi connectivity index (χ3n) is 3.39. The second-order valence-corrected chi connectivity index (χ2v) is 8.52. The van der Waals surface area contributed by atoms with Gasteiger partial charge in [-0.1, -0.05) is 18.0 Å². The first kappa shape index (κ1) is 14.8. The highest BCUT2D eigenvalue weighted by Crippen LogP contribution is 2.43. The standard InChI is InChI=1S/C11H14ClNO4S2/c12-8-2-3-10(18-8)19(16,17)13-7-11(4-1-5-11)6-9(14)15/h2-3,13H,1,4-7H2,(H,14,15). The molecule has 1 saturated carbocycles. The van der Waals surface area contributed by atoms with Crippen molar-refractivity contribution in [3.05, 3.63) is 16.5 Å². The molecular formula is C11H14ClNO4S2. The van der Waals surface area contributed by atoms with Crippen molar-refractivity contribution < 1.29 is 18.3 Å². The SMILES string of the molecule is O=C(O)CC1(CNS(=O)(=O)c2ccc(Cl)s2)CCC1. The average Bonchev–Trinajstić information content (AvgIpc) is 2.69. The summed E-state index contributed by atoms with van der Waals surface area (Å²) in [5, 5.41) is 8.87. The second-order valence-electron chi connectivity index (χ2n) is 4.81. The lowest BCUT2D eigenvalue weighted by atomic mass is 9.67. The summed E-state index contributed by atoms with van der Waals surface area (Å²) in [7, 11) is -3.59. The molecule has 19 heavy (non-hydrogen) atoms. The summed E-state index contributed by atoms with van der Waals surface area (Å²) < 4.78 is 27.1. The van der Waals surface area contributed by atoms with Gasteiger partial charge in [0.25, 0.3) is 0 Å². The fourth-order valence-electron chi connectivity index (χ4n) is 2.17. The molecule has 2 rings (SSSR count). The predicted octanol–water partition coefficient (Wildman–Crippen LogP) is 2.32. The molecule has 1 aliphatic rings. The Morgan fingerprint density at radius 2 is 2.16 bits per heavy atom. The number of hydrogen-bond acceptors (Lipinski definition) is 4. The van der Waals surface area contributed by atoms with Gasteiger partial charge in [0.2, 0.25) is 10.0 Å². The number of carbonyl (C=O) groups is 1. The number of carboxylic acids is 1. The third-order valence-corrected chi connectivity index (χ3v) is 6.52.